The summed E-state index contributed by atoms with van der Waals surface area (Å²) in [5.74, 6) is 0.501. The van der Waals surface area contributed by atoms with Crippen molar-refractivity contribution in [3.8, 4) is 0 Å². The quantitative estimate of drug-likeness (QED) is 0.860. The van der Waals surface area contributed by atoms with Crippen LogP contribution in [0.2, 0.25) is 0 Å². The molecule has 1 N–H and O–H groups in total. The fourth-order valence-corrected chi connectivity index (χ4v) is 3.42. The minimum Gasteiger partial charge on any atom is -0.349 e. The fraction of sp³-hybridized carbons (Fsp3) is 0.364. The lowest BCUT2D eigenvalue weighted by Gasteiger charge is -2.23. The molecule has 4 nitrogen and oxygen atoms in total. The summed E-state index contributed by atoms with van der Waals surface area (Å²) >= 11 is 0. The molecule has 2 amide bonds. The molecule has 0 aliphatic carbocycles. The first-order valence-corrected chi connectivity index (χ1v) is 9.28. The lowest BCUT2D eigenvalue weighted by atomic mass is 9.95. The van der Waals surface area contributed by atoms with E-state index in [1.54, 1.807) is 0 Å². The van der Waals surface area contributed by atoms with Crippen LogP contribution in [-0.2, 0) is 16.0 Å². The lowest BCUT2D eigenvalue weighted by Crippen LogP contribution is -2.32. The average Bonchev–Trinajstić information content (AvgIpc) is 3.07. The van der Waals surface area contributed by atoms with Crippen LogP contribution in [0, 0.1) is 5.92 Å². The van der Waals surface area contributed by atoms with Gasteiger partial charge in [-0.2, -0.15) is 0 Å². The summed E-state index contributed by atoms with van der Waals surface area (Å²) in [4.78, 5) is 26.2. The molecule has 1 aliphatic rings. The Kier molecular flexibility index (Phi) is 5.71. The zero-order valence-electron chi connectivity index (χ0n) is 15.4. The van der Waals surface area contributed by atoms with Gasteiger partial charge in [-0.1, -0.05) is 56.3 Å². The van der Waals surface area contributed by atoms with Crippen molar-refractivity contribution in [3.05, 3.63) is 65.7 Å². The molecular formula is C22H26N2O2. The van der Waals surface area contributed by atoms with Gasteiger partial charge in [0.1, 0.15) is 0 Å². The van der Waals surface area contributed by atoms with Crippen LogP contribution in [-0.4, -0.2) is 18.4 Å². The number of carbonyl (C=O) groups excluding carboxylic acids is 2. The number of rotatable bonds is 6. The minimum atomic E-state index is 0.00481. The monoisotopic (exact) mass is 350 g/mol. The van der Waals surface area contributed by atoms with Crippen LogP contribution in [0.25, 0.3) is 0 Å². The maximum Gasteiger partial charge on any atom is 0.227 e. The van der Waals surface area contributed by atoms with Crippen molar-refractivity contribution < 1.29 is 9.59 Å². The summed E-state index contributed by atoms with van der Waals surface area (Å²) < 4.78 is 0. The van der Waals surface area contributed by atoms with Crippen LogP contribution in [0.4, 0.5) is 5.69 Å². The number of hydrogen-bond acceptors (Lipinski definition) is 2. The molecule has 4 heteroatoms. The van der Waals surface area contributed by atoms with Crippen LogP contribution < -0.4 is 10.2 Å². The molecule has 1 aliphatic heterocycles. The summed E-state index contributed by atoms with van der Waals surface area (Å²) in [6, 6.07) is 17.8. The Morgan fingerprint density at radius 2 is 1.77 bits per heavy atom. The Morgan fingerprint density at radius 1 is 1.08 bits per heavy atom. The van der Waals surface area contributed by atoms with E-state index in [-0.39, 0.29) is 17.9 Å². The molecular weight excluding hydrogens is 324 g/mol. The fourth-order valence-electron chi connectivity index (χ4n) is 3.42. The highest BCUT2D eigenvalue weighted by molar-refractivity contribution is 5.95. The highest BCUT2D eigenvalue weighted by Crippen LogP contribution is 2.23. The largest absolute Gasteiger partial charge is 0.349 e. The van der Waals surface area contributed by atoms with Crippen molar-refractivity contribution in [2.45, 2.75) is 39.2 Å². The molecule has 0 spiro atoms. The molecule has 2 aromatic carbocycles. The molecule has 1 saturated heterocycles. The molecule has 0 bridgehead atoms. The number of carbonyl (C=O) groups is 2. The van der Waals surface area contributed by atoms with E-state index < -0.39 is 0 Å². The van der Waals surface area contributed by atoms with E-state index in [4.69, 9.17) is 0 Å². The minimum absolute atomic E-state index is 0.00481. The van der Waals surface area contributed by atoms with Gasteiger partial charge in [-0.3, -0.25) is 9.59 Å². The Bertz CT molecular complexity index is 753. The van der Waals surface area contributed by atoms with Gasteiger partial charge in [0.05, 0.1) is 12.5 Å². The van der Waals surface area contributed by atoms with Crippen molar-refractivity contribution >= 4 is 17.5 Å². The molecule has 1 atom stereocenters. The molecule has 2 aromatic rings. The molecule has 3 rings (SSSR count). The smallest absolute Gasteiger partial charge is 0.227 e. The van der Waals surface area contributed by atoms with Gasteiger partial charge in [0.15, 0.2) is 0 Å². The Balaban J connectivity index is 1.63. The number of nitrogens with zero attached hydrogens (tertiary/aromatic N) is 1. The standard InChI is InChI=1S/C22H26N2O2/c1-16(2)22(18-7-4-3-5-8-18)23-20(25)15-17-10-12-19(13-11-17)24-14-6-9-21(24)26/h3-5,7-8,10-13,16,22H,6,9,14-15H2,1-2H3,(H,23,25)/t22-/m0/s1. The predicted molar refractivity (Wildman–Crippen MR) is 104 cm³/mol. The predicted octanol–water partition coefficient (Wildman–Crippen LogP) is 3.87. The summed E-state index contributed by atoms with van der Waals surface area (Å²) in [7, 11) is 0. The van der Waals surface area contributed by atoms with Crippen LogP contribution in [0.3, 0.4) is 0 Å². The summed E-state index contributed by atoms with van der Waals surface area (Å²) in [5.41, 5.74) is 2.99. The van der Waals surface area contributed by atoms with Crippen molar-refractivity contribution in [2.24, 2.45) is 5.92 Å². The second-order valence-electron chi connectivity index (χ2n) is 7.19. The third-order valence-electron chi connectivity index (χ3n) is 4.83. The van der Waals surface area contributed by atoms with E-state index >= 15 is 0 Å². The van der Waals surface area contributed by atoms with Gasteiger partial charge in [0.25, 0.3) is 0 Å². The van der Waals surface area contributed by atoms with Gasteiger partial charge in [-0.05, 0) is 35.6 Å². The molecule has 0 aromatic heterocycles. The maximum absolute atomic E-state index is 12.5. The first-order chi connectivity index (χ1) is 12.5. The molecule has 0 radical (unpaired) electrons. The zero-order chi connectivity index (χ0) is 18.5. The number of nitrogens with one attached hydrogen (secondary N) is 1. The van der Waals surface area contributed by atoms with Gasteiger partial charge < -0.3 is 10.2 Å². The zero-order valence-corrected chi connectivity index (χ0v) is 15.4. The van der Waals surface area contributed by atoms with E-state index in [9.17, 15) is 9.59 Å². The average molecular weight is 350 g/mol. The number of amides is 2. The van der Waals surface area contributed by atoms with Gasteiger partial charge in [0, 0.05) is 18.7 Å². The molecule has 26 heavy (non-hydrogen) atoms. The van der Waals surface area contributed by atoms with Gasteiger partial charge in [-0.15, -0.1) is 0 Å². The first-order valence-electron chi connectivity index (χ1n) is 9.28. The molecule has 136 valence electrons. The molecule has 0 saturated carbocycles. The van der Waals surface area contributed by atoms with Crippen molar-refractivity contribution in [3.63, 3.8) is 0 Å². The Morgan fingerprint density at radius 3 is 2.35 bits per heavy atom. The van der Waals surface area contributed by atoms with Gasteiger partial charge >= 0.3 is 0 Å². The van der Waals surface area contributed by atoms with E-state index in [1.165, 1.54) is 0 Å². The van der Waals surface area contributed by atoms with E-state index in [0.29, 0.717) is 18.8 Å². The van der Waals surface area contributed by atoms with Crippen molar-refractivity contribution in [1.82, 2.24) is 5.32 Å². The Hall–Kier alpha value is -2.62. The Labute approximate surface area is 155 Å². The topological polar surface area (TPSA) is 49.4 Å². The number of anilines is 1. The number of benzene rings is 2. The van der Waals surface area contributed by atoms with Gasteiger partial charge in [0.2, 0.25) is 11.8 Å². The molecule has 0 unspecified atom stereocenters. The first kappa shape index (κ1) is 18.2. The maximum atomic E-state index is 12.5. The number of hydrogen-bond donors (Lipinski definition) is 1. The third-order valence-corrected chi connectivity index (χ3v) is 4.83. The highest BCUT2D eigenvalue weighted by Gasteiger charge is 2.22. The summed E-state index contributed by atoms with van der Waals surface area (Å²) in [6.45, 7) is 5.01. The van der Waals surface area contributed by atoms with E-state index in [2.05, 4.69) is 19.2 Å². The second kappa shape index (κ2) is 8.17. The van der Waals surface area contributed by atoms with Crippen LogP contribution >= 0.6 is 0 Å². The van der Waals surface area contributed by atoms with Crippen LogP contribution in [0.15, 0.2) is 54.6 Å². The lowest BCUT2D eigenvalue weighted by molar-refractivity contribution is -0.121. The summed E-state index contributed by atoms with van der Waals surface area (Å²) in [6.07, 6.45) is 1.88. The summed E-state index contributed by atoms with van der Waals surface area (Å²) in [5, 5.41) is 3.15. The molecule has 1 fully saturated rings. The van der Waals surface area contributed by atoms with Crippen molar-refractivity contribution in [2.75, 3.05) is 11.4 Å². The van der Waals surface area contributed by atoms with E-state index in [1.807, 2.05) is 59.5 Å². The third kappa shape index (κ3) is 4.31. The normalized spacial score (nSPS) is 15.3. The second-order valence-corrected chi connectivity index (χ2v) is 7.19. The van der Waals surface area contributed by atoms with Gasteiger partial charge in [-0.25, -0.2) is 0 Å². The molecule has 1 heterocycles. The van der Waals surface area contributed by atoms with Crippen molar-refractivity contribution in [1.29, 1.82) is 0 Å². The van der Waals surface area contributed by atoms with Crippen LogP contribution in [0.1, 0.15) is 43.9 Å². The SMILES string of the molecule is CC(C)[C@H](NC(=O)Cc1ccc(N2CCCC2=O)cc1)c1ccccc1. The van der Waals surface area contributed by atoms with Crippen LogP contribution in [0.5, 0.6) is 0 Å². The van der Waals surface area contributed by atoms with E-state index in [0.717, 1.165) is 29.8 Å². The highest BCUT2D eigenvalue weighted by atomic mass is 16.2.